The fourth-order valence-electron chi connectivity index (χ4n) is 0.330. The third-order valence-electron chi connectivity index (χ3n) is 0.660. The second-order valence-electron chi connectivity index (χ2n) is 1.41. The SMILES string of the molecule is CCOC(=O)C(Cl)N=S(=O)=O. The van der Waals surface area contributed by atoms with Gasteiger partial charge in [-0.25, -0.2) is 4.79 Å². The summed E-state index contributed by atoms with van der Waals surface area (Å²) in [6.45, 7) is 1.72. The van der Waals surface area contributed by atoms with Crippen molar-refractivity contribution in [3.05, 3.63) is 0 Å². The predicted molar refractivity (Wildman–Crippen MR) is 37.6 cm³/mol. The van der Waals surface area contributed by atoms with Crippen LogP contribution in [-0.4, -0.2) is 26.5 Å². The number of rotatable bonds is 3. The van der Waals surface area contributed by atoms with Gasteiger partial charge in [-0.1, -0.05) is 11.6 Å². The van der Waals surface area contributed by atoms with Crippen molar-refractivity contribution in [1.82, 2.24) is 0 Å². The lowest BCUT2D eigenvalue weighted by atomic mass is 10.7. The van der Waals surface area contributed by atoms with E-state index in [0.29, 0.717) is 0 Å². The first kappa shape index (κ1) is 10.4. The van der Waals surface area contributed by atoms with E-state index in [1.54, 1.807) is 6.92 Å². The molecule has 1 unspecified atom stereocenters. The molecule has 0 saturated heterocycles. The summed E-state index contributed by atoms with van der Waals surface area (Å²) >= 11 is 5.17. The second kappa shape index (κ2) is 5.09. The Morgan fingerprint density at radius 3 is 2.64 bits per heavy atom. The molecule has 0 aromatic heterocycles. The lowest BCUT2D eigenvalue weighted by Crippen LogP contribution is -2.15. The fraction of sp³-hybridized carbons (Fsp3) is 0.750. The van der Waals surface area contributed by atoms with Gasteiger partial charge in [0.2, 0.25) is 5.50 Å². The van der Waals surface area contributed by atoms with Crippen LogP contribution in [0.1, 0.15) is 6.92 Å². The largest absolute Gasteiger partial charge is 0.463 e. The molecule has 1 atom stereocenters. The molecule has 0 aliphatic heterocycles. The summed E-state index contributed by atoms with van der Waals surface area (Å²) in [5.74, 6) is -0.863. The quantitative estimate of drug-likeness (QED) is 0.369. The molecule has 7 heteroatoms. The minimum atomic E-state index is -2.68. The Balaban J connectivity index is 4.15. The van der Waals surface area contributed by atoms with Gasteiger partial charge in [0, 0.05) is 0 Å². The Hall–Kier alpha value is -0.620. The Labute approximate surface area is 70.0 Å². The number of carbonyl (C=O) groups is 1. The average molecular weight is 200 g/mol. The average Bonchev–Trinajstić information content (AvgIpc) is 1.86. The van der Waals surface area contributed by atoms with Gasteiger partial charge in [0.15, 0.2) is 0 Å². The highest BCUT2D eigenvalue weighted by atomic mass is 35.5. The molecule has 0 spiro atoms. The van der Waals surface area contributed by atoms with E-state index >= 15 is 0 Å². The van der Waals surface area contributed by atoms with Crippen molar-refractivity contribution in [2.45, 2.75) is 12.4 Å². The number of hydrogen-bond donors (Lipinski definition) is 0. The first-order valence-corrected chi connectivity index (χ1v) is 4.15. The molecule has 0 saturated carbocycles. The fourth-order valence-corrected chi connectivity index (χ4v) is 0.825. The standard InChI is InChI=1S/C4H6ClNO4S/c1-2-10-4(7)3(5)6-11(8)9/h3H,2H2,1H3. The number of carbonyl (C=O) groups excluding carboxylic acids is 1. The summed E-state index contributed by atoms with van der Waals surface area (Å²) in [7, 11) is -2.68. The van der Waals surface area contributed by atoms with E-state index in [9.17, 15) is 13.2 Å². The summed E-state index contributed by atoms with van der Waals surface area (Å²) in [5, 5.41) is 0. The van der Waals surface area contributed by atoms with Gasteiger partial charge in [-0.2, -0.15) is 8.42 Å². The number of alkyl halides is 1. The van der Waals surface area contributed by atoms with Crippen LogP contribution in [0, 0.1) is 0 Å². The van der Waals surface area contributed by atoms with Crippen molar-refractivity contribution >= 4 is 28.1 Å². The highest BCUT2D eigenvalue weighted by Crippen LogP contribution is 1.99. The Bertz CT molecular complexity index is 251. The van der Waals surface area contributed by atoms with Crippen molar-refractivity contribution in [2.24, 2.45) is 4.36 Å². The number of ether oxygens (including phenoxy) is 1. The van der Waals surface area contributed by atoms with Gasteiger partial charge in [0.05, 0.1) is 6.61 Å². The van der Waals surface area contributed by atoms with Crippen LogP contribution < -0.4 is 0 Å². The van der Waals surface area contributed by atoms with E-state index in [4.69, 9.17) is 11.6 Å². The molecule has 0 heterocycles. The summed E-state index contributed by atoms with van der Waals surface area (Å²) < 4.78 is 26.9. The lowest BCUT2D eigenvalue weighted by molar-refractivity contribution is -0.142. The van der Waals surface area contributed by atoms with Crippen molar-refractivity contribution in [3.8, 4) is 0 Å². The van der Waals surface area contributed by atoms with Gasteiger partial charge in [0.25, 0.3) is 0 Å². The van der Waals surface area contributed by atoms with Crippen LogP contribution in [0.2, 0.25) is 0 Å². The van der Waals surface area contributed by atoms with Crippen molar-refractivity contribution in [1.29, 1.82) is 0 Å². The molecule has 0 N–H and O–H groups in total. The summed E-state index contributed by atoms with van der Waals surface area (Å²) in [4.78, 5) is 10.6. The van der Waals surface area contributed by atoms with Crippen LogP contribution in [-0.2, 0) is 20.0 Å². The van der Waals surface area contributed by atoms with E-state index in [1.165, 1.54) is 0 Å². The minimum absolute atomic E-state index is 0.142. The van der Waals surface area contributed by atoms with E-state index in [-0.39, 0.29) is 6.61 Å². The number of hydrogen-bond acceptors (Lipinski definition) is 5. The predicted octanol–water partition coefficient (Wildman–Crippen LogP) is 0.177. The van der Waals surface area contributed by atoms with E-state index in [0.717, 1.165) is 0 Å². The summed E-state index contributed by atoms with van der Waals surface area (Å²) in [5.41, 5.74) is -1.46. The molecule has 0 fully saturated rings. The maximum atomic E-state index is 10.6. The van der Waals surface area contributed by atoms with Crippen molar-refractivity contribution < 1.29 is 17.9 Å². The Morgan fingerprint density at radius 2 is 2.27 bits per heavy atom. The highest BCUT2D eigenvalue weighted by molar-refractivity contribution is 7.61. The Kier molecular flexibility index (Phi) is 4.80. The second-order valence-corrected chi connectivity index (χ2v) is 2.47. The summed E-state index contributed by atoms with van der Waals surface area (Å²) in [6, 6.07) is 0. The molecule has 0 bridgehead atoms. The maximum Gasteiger partial charge on any atom is 0.347 e. The third kappa shape index (κ3) is 4.74. The number of esters is 1. The van der Waals surface area contributed by atoms with E-state index < -0.39 is 22.0 Å². The zero-order chi connectivity index (χ0) is 8.85. The molecule has 64 valence electrons. The van der Waals surface area contributed by atoms with Gasteiger partial charge in [-0.15, -0.1) is 4.36 Å². The van der Waals surface area contributed by atoms with Crippen LogP contribution in [0.4, 0.5) is 0 Å². The van der Waals surface area contributed by atoms with Crippen LogP contribution in [0.25, 0.3) is 0 Å². The third-order valence-corrected chi connectivity index (χ3v) is 1.43. The maximum absolute atomic E-state index is 10.6. The molecular weight excluding hydrogens is 194 g/mol. The lowest BCUT2D eigenvalue weighted by Gasteiger charge is -1.99. The minimum Gasteiger partial charge on any atom is -0.463 e. The van der Waals surface area contributed by atoms with Crippen molar-refractivity contribution in [3.63, 3.8) is 0 Å². The molecule has 0 aliphatic carbocycles. The smallest absolute Gasteiger partial charge is 0.347 e. The Morgan fingerprint density at radius 1 is 1.73 bits per heavy atom. The van der Waals surface area contributed by atoms with E-state index in [1.807, 2.05) is 0 Å². The molecule has 11 heavy (non-hydrogen) atoms. The molecule has 0 amide bonds. The normalized spacial score (nSPS) is 11.8. The molecule has 0 aliphatic rings. The number of halogens is 1. The van der Waals surface area contributed by atoms with Gasteiger partial charge in [0.1, 0.15) is 0 Å². The monoisotopic (exact) mass is 199 g/mol. The molecular formula is C4H6ClNO4S. The van der Waals surface area contributed by atoms with Gasteiger partial charge in [-0.3, -0.25) is 0 Å². The van der Waals surface area contributed by atoms with Crippen LogP contribution in [0.3, 0.4) is 0 Å². The highest BCUT2D eigenvalue weighted by Gasteiger charge is 2.14. The zero-order valence-electron chi connectivity index (χ0n) is 5.65. The van der Waals surface area contributed by atoms with Crippen LogP contribution >= 0.6 is 11.6 Å². The van der Waals surface area contributed by atoms with Crippen LogP contribution in [0.5, 0.6) is 0 Å². The van der Waals surface area contributed by atoms with Gasteiger partial charge < -0.3 is 4.74 Å². The van der Waals surface area contributed by atoms with Gasteiger partial charge >= 0.3 is 16.5 Å². The molecule has 0 aromatic rings. The molecule has 0 rings (SSSR count). The van der Waals surface area contributed by atoms with E-state index in [2.05, 4.69) is 9.10 Å². The van der Waals surface area contributed by atoms with Crippen LogP contribution in [0.15, 0.2) is 4.36 Å². The molecule has 5 nitrogen and oxygen atoms in total. The van der Waals surface area contributed by atoms with Gasteiger partial charge in [-0.05, 0) is 6.92 Å². The molecule has 0 radical (unpaired) electrons. The first-order valence-electron chi connectivity index (χ1n) is 2.69. The zero-order valence-corrected chi connectivity index (χ0v) is 7.22. The first-order chi connectivity index (χ1) is 5.07. The molecule has 0 aromatic carbocycles. The summed E-state index contributed by atoms with van der Waals surface area (Å²) in [6.07, 6.45) is 0. The number of nitrogens with zero attached hydrogens (tertiary/aromatic N) is 1. The topological polar surface area (TPSA) is 72.8 Å². The van der Waals surface area contributed by atoms with Crippen molar-refractivity contribution in [2.75, 3.05) is 6.61 Å².